The van der Waals surface area contributed by atoms with Crippen molar-refractivity contribution >= 4 is 52.8 Å². The topological polar surface area (TPSA) is 484 Å². The second-order valence-electron chi connectivity index (χ2n) is 12.1. The zero-order chi connectivity index (χ0) is 47.0. The first kappa shape index (κ1) is 66.5. The van der Waals surface area contributed by atoms with E-state index < -0.39 is 124 Å². The number of hydrogen-bond donors (Lipinski definition) is 11. The second kappa shape index (κ2) is 39.3. The van der Waals surface area contributed by atoms with Crippen LogP contribution in [0, 0.1) is 11.8 Å². The molecule has 0 spiro atoms. The summed E-state index contributed by atoms with van der Waals surface area (Å²) in [6, 6.07) is -2.25. The number of azide groups is 3. The molecule has 0 aromatic carbocycles. The minimum atomic E-state index is -1.59. The molecule has 32 heteroatoms. The molecule has 0 aliphatic carbocycles. The maximum Gasteiger partial charge on any atom is 0.516 e. The number of carbonyl (C=O) groups excluding carboxylic acids is 4. The number of carbonyl (C=O) groups is 5. The third kappa shape index (κ3) is 32.2. The number of amides is 1. The Morgan fingerprint density at radius 1 is 0.694 bits per heavy atom. The smallest absolute Gasteiger partial charge is 0.481 e. The monoisotopic (exact) mass is 945 g/mol. The molecule has 2 saturated heterocycles. The molecule has 6 unspecified atom stereocenters. The molecule has 0 aromatic heterocycles. The molecular weight excluding hydrogens is 889 g/mol. The lowest BCUT2D eigenvalue weighted by Gasteiger charge is -2.40. The van der Waals surface area contributed by atoms with E-state index in [1.165, 1.54) is 0 Å². The lowest BCUT2D eigenvalue weighted by atomic mass is 9.97. The standard InChI is InChI=1S/C8H14N4O6.C7H11N3O4.C6H12ClNO5.C5H9ClO2.C2H3N3O2.2CH4/c9-12-10-1-4(14)11-5-7(16)6(15)3(2-13)18-8(5)17;1-5(2)4-13-7(12)14-6(11)3-9-10-8;7-8-3-5(11)4(10)2(1-9)13-6(3)12;1-4(2)3-8-5(6)7;3-5-4-1-2(6)7;;/h3,5-8,13,15-17H,1-2H2,(H,11,14);5H,3-4H2,1-2H3;2-6,8-12H,1H2;4H,3H2,1-2H3;1H2,(H,6,7);2*1H4/t3?,5-,6-,7?,8?;;2?,3-,4-,5?,6?;;;;/m1.1..../s1. The Labute approximate surface area is 364 Å². The Bertz CT molecular complexity index is 1440. The van der Waals surface area contributed by atoms with Crippen LogP contribution in [0.2, 0.25) is 0 Å². The SMILES string of the molecule is C.C.CC(C)COC(=O)Cl.CC(C)COC(=O)OC(=O)CN=[N+]=[N-].OCC1OC(O)[C@H](NCl)C(O)[C@@H]1O.[N-]=[N+]=NCC(=O)N[C@H]1C(O)OC(CO)[C@@H](O)C1O.[N-]=[N+]=NCC(=O)O. The number of hydrogen-bond acceptors (Lipinski definition) is 22. The van der Waals surface area contributed by atoms with Gasteiger partial charge < -0.3 is 75.0 Å². The van der Waals surface area contributed by atoms with E-state index in [2.05, 4.69) is 54.4 Å². The van der Waals surface area contributed by atoms with Crippen molar-refractivity contribution in [1.82, 2.24) is 10.2 Å². The highest BCUT2D eigenvalue weighted by molar-refractivity contribution is 6.61. The van der Waals surface area contributed by atoms with E-state index in [0.29, 0.717) is 12.5 Å². The maximum atomic E-state index is 11.2. The third-order valence-corrected chi connectivity index (χ3v) is 6.69. The van der Waals surface area contributed by atoms with Gasteiger partial charge in [0.15, 0.2) is 12.6 Å². The van der Waals surface area contributed by atoms with Gasteiger partial charge >= 0.3 is 23.5 Å². The summed E-state index contributed by atoms with van der Waals surface area (Å²) in [5.41, 5.74) is 22.7. The van der Waals surface area contributed by atoms with Crippen LogP contribution in [0.1, 0.15) is 42.5 Å². The van der Waals surface area contributed by atoms with Gasteiger partial charge in [0.1, 0.15) is 68.3 Å². The first-order valence-electron chi connectivity index (χ1n) is 16.8. The lowest BCUT2D eigenvalue weighted by molar-refractivity contribution is -0.253. The lowest BCUT2D eigenvalue weighted by Crippen LogP contribution is -2.64. The number of aliphatic hydroxyl groups is 8. The molecule has 2 heterocycles. The molecule has 0 saturated carbocycles. The summed E-state index contributed by atoms with van der Waals surface area (Å²) in [5, 5.41) is 92.7. The van der Waals surface area contributed by atoms with Crippen molar-refractivity contribution in [3.63, 3.8) is 0 Å². The Morgan fingerprint density at radius 3 is 1.45 bits per heavy atom. The average molecular weight is 947 g/mol. The van der Waals surface area contributed by atoms with Gasteiger partial charge in [0.25, 0.3) is 0 Å². The van der Waals surface area contributed by atoms with Crippen molar-refractivity contribution in [2.45, 2.75) is 104 Å². The number of rotatable bonds is 14. The molecule has 2 fully saturated rings. The number of carboxylic acid groups (broad SMARTS) is 1. The van der Waals surface area contributed by atoms with Gasteiger partial charge in [0.05, 0.1) is 26.4 Å². The van der Waals surface area contributed by atoms with Gasteiger partial charge in [0, 0.05) is 26.3 Å². The summed E-state index contributed by atoms with van der Waals surface area (Å²) in [7, 11) is 0. The van der Waals surface area contributed by atoms with E-state index in [9.17, 15) is 54.6 Å². The number of aliphatic hydroxyl groups excluding tert-OH is 8. The zero-order valence-corrected chi connectivity index (χ0v) is 33.8. The van der Waals surface area contributed by atoms with Crippen molar-refractivity contribution in [3.8, 4) is 0 Å². The highest BCUT2D eigenvalue weighted by Gasteiger charge is 2.44. The van der Waals surface area contributed by atoms with Gasteiger partial charge in [-0.2, -0.15) is 0 Å². The molecule has 2 aliphatic rings. The number of nitrogens with one attached hydrogen (secondary N) is 2. The molecular formula is C30H57Cl2N11O19. The highest BCUT2D eigenvalue weighted by Crippen LogP contribution is 2.20. The van der Waals surface area contributed by atoms with Crippen LogP contribution in [0.25, 0.3) is 31.3 Å². The summed E-state index contributed by atoms with van der Waals surface area (Å²) in [6.45, 7) is 5.58. The van der Waals surface area contributed by atoms with E-state index in [1.54, 1.807) is 0 Å². The number of carboxylic acids is 1. The Hall–Kier alpha value is -4.58. The Balaban J connectivity index is -0.000000225. The van der Waals surface area contributed by atoms with Crippen LogP contribution in [-0.2, 0) is 38.1 Å². The Morgan fingerprint density at radius 2 is 1.10 bits per heavy atom. The predicted octanol–water partition coefficient (Wildman–Crippen LogP) is 0.0463. The number of halogens is 2. The van der Waals surface area contributed by atoms with E-state index in [1.807, 2.05) is 27.7 Å². The highest BCUT2D eigenvalue weighted by atomic mass is 35.5. The molecule has 30 nitrogen and oxygen atoms in total. The van der Waals surface area contributed by atoms with Crippen molar-refractivity contribution in [3.05, 3.63) is 31.3 Å². The van der Waals surface area contributed by atoms with Crippen LogP contribution in [0.4, 0.5) is 9.59 Å². The van der Waals surface area contributed by atoms with Crippen molar-refractivity contribution in [1.29, 1.82) is 0 Å². The van der Waals surface area contributed by atoms with Crippen molar-refractivity contribution < 1.29 is 93.6 Å². The molecule has 0 bridgehead atoms. The van der Waals surface area contributed by atoms with Gasteiger partial charge in [-0.15, -0.1) is 0 Å². The normalized spacial score (nSPS) is 24.1. The molecule has 10 atom stereocenters. The van der Waals surface area contributed by atoms with E-state index in [-0.39, 0.29) is 27.4 Å². The molecule has 0 radical (unpaired) electrons. The van der Waals surface area contributed by atoms with Crippen LogP contribution in [0.5, 0.6) is 0 Å². The van der Waals surface area contributed by atoms with Crippen LogP contribution >= 0.6 is 23.4 Å². The van der Waals surface area contributed by atoms with Crippen LogP contribution in [0.3, 0.4) is 0 Å². The predicted molar refractivity (Wildman–Crippen MR) is 212 cm³/mol. The second-order valence-corrected chi connectivity index (χ2v) is 12.6. The molecule has 11 N–H and O–H groups in total. The number of nitrogens with zero attached hydrogens (tertiary/aromatic N) is 9. The van der Waals surface area contributed by atoms with Gasteiger partial charge in [-0.05, 0) is 40.2 Å². The third-order valence-electron chi connectivity index (χ3n) is 6.33. The molecule has 360 valence electrons. The summed E-state index contributed by atoms with van der Waals surface area (Å²) >= 11 is 10.1. The zero-order valence-electron chi connectivity index (χ0n) is 32.3. The quantitative estimate of drug-likeness (QED) is 0.0208. The average Bonchev–Trinajstić information content (AvgIpc) is 3.19. The fraction of sp³-hybridized carbons (Fsp3) is 0.833. The van der Waals surface area contributed by atoms with Crippen LogP contribution in [-0.4, -0.2) is 183 Å². The largest absolute Gasteiger partial charge is 0.516 e. The molecule has 62 heavy (non-hydrogen) atoms. The molecule has 2 rings (SSSR count). The van der Waals surface area contributed by atoms with Crippen molar-refractivity contribution in [2.24, 2.45) is 27.2 Å². The molecule has 0 aromatic rings. The Kier molecular flexibility index (Phi) is 42.1. The number of ether oxygens (including phenoxy) is 5. The van der Waals surface area contributed by atoms with Gasteiger partial charge in [-0.1, -0.05) is 57.9 Å². The summed E-state index contributed by atoms with van der Waals surface area (Å²) in [4.78, 5) is 61.0. The van der Waals surface area contributed by atoms with Gasteiger partial charge in [0.2, 0.25) is 5.91 Å². The van der Waals surface area contributed by atoms with Crippen molar-refractivity contribution in [2.75, 3.05) is 46.1 Å². The minimum Gasteiger partial charge on any atom is -0.481 e. The fourth-order valence-electron chi connectivity index (χ4n) is 3.60. The van der Waals surface area contributed by atoms with E-state index in [4.69, 9.17) is 64.8 Å². The van der Waals surface area contributed by atoms with Crippen LogP contribution in [0.15, 0.2) is 15.3 Å². The van der Waals surface area contributed by atoms with E-state index in [0.717, 1.165) is 0 Å². The first-order chi connectivity index (χ1) is 28.1. The van der Waals surface area contributed by atoms with Crippen LogP contribution < -0.4 is 10.2 Å². The van der Waals surface area contributed by atoms with Gasteiger partial charge in [-0.25, -0.2) is 14.4 Å². The first-order valence-corrected chi connectivity index (χ1v) is 17.5. The number of aliphatic carboxylic acids is 1. The fourth-order valence-corrected chi connectivity index (χ4v) is 3.90. The molecule has 2 aliphatic heterocycles. The molecule has 1 amide bonds. The summed E-state index contributed by atoms with van der Waals surface area (Å²) < 4.78 is 22.7. The summed E-state index contributed by atoms with van der Waals surface area (Å²) in [5.74, 6) is -2.27. The minimum absolute atomic E-state index is 0. The maximum absolute atomic E-state index is 11.2. The summed E-state index contributed by atoms with van der Waals surface area (Å²) in [6.07, 6.45) is -11.7. The van der Waals surface area contributed by atoms with E-state index >= 15 is 0 Å². The van der Waals surface area contributed by atoms with Gasteiger partial charge in [-0.3, -0.25) is 14.4 Å². The number of esters is 1.